The lowest BCUT2D eigenvalue weighted by Gasteiger charge is -2.08. The minimum absolute atomic E-state index is 0.408. The van der Waals surface area contributed by atoms with E-state index in [1.807, 2.05) is 49.4 Å². The molecular formula is C16H12N2O2. The van der Waals surface area contributed by atoms with Gasteiger partial charge < -0.3 is 4.74 Å². The molecule has 0 bridgehead atoms. The molecule has 3 aromatic rings. The third-order valence-corrected chi connectivity index (χ3v) is 3.00. The number of ether oxygens (including phenoxy) is 1. The second-order valence-electron chi connectivity index (χ2n) is 4.41. The van der Waals surface area contributed by atoms with Crippen LogP contribution in [0.5, 0.6) is 5.75 Å². The van der Waals surface area contributed by atoms with Gasteiger partial charge in [0, 0.05) is 11.1 Å². The number of fused-ring (bicyclic) bond motifs is 1. The van der Waals surface area contributed by atoms with Gasteiger partial charge in [-0.2, -0.15) is 0 Å². The van der Waals surface area contributed by atoms with E-state index in [-0.39, 0.29) is 0 Å². The van der Waals surface area contributed by atoms with E-state index < -0.39 is 0 Å². The number of hydrogen-bond acceptors (Lipinski definition) is 4. The first-order valence-corrected chi connectivity index (χ1v) is 6.22. The maximum atomic E-state index is 10.7. The molecule has 1 aromatic carbocycles. The highest BCUT2D eigenvalue weighted by atomic mass is 16.5. The van der Waals surface area contributed by atoms with Crippen molar-refractivity contribution in [2.24, 2.45) is 0 Å². The normalized spacial score (nSPS) is 10.4. The summed E-state index contributed by atoms with van der Waals surface area (Å²) >= 11 is 0. The average molecular weight is 264 g/mol. The van der Waals surface area contributed by atoms with Gasteiger partial charge in [-0.25, -0.2) is 4.98 Å². The summed E-state index contributed by atoms with van der Waals surface area (Å²) in [6, 6.07) is 15.1. The lowest BCUT2D eigenvalue weighted by Crippen LogP contribution is -1.97. The van der Waals surface area contributed by atoms with Gasteiger partial charge in [0.05, 0.1) is 11.2 Å². The molecule has 98 valence electrons. The average Bonchev–Trinajstić information content (AvgIpc) is 2.47. The minimum Gasteiger partial charge on any atom is -0.426 e. The highest BCUT2D eigenvalue weighted by Crippen LogP contribution is 2.30. The van der Waals surface area contributed by atoms with E-state index in [9.17, 15) is 4.79 Å². The summed E-state index contributed by atoms with van der Waals surface area (Å²) in [5, 5.41) is 0.917. The van der Waals surface area contributed by atoms with Crippen LogP contribution in [0.4, 0.5) is 0 Å². The van der Waals surface area contributed by atoms with Crippen molar-refractivity contribution in [2.75, 3.05) is 0 Å². The topological polar surface area (TPSA) is 52.1 Å². The Hall–Kier alpha value is -2.75. The molecule has 0 N–H and O–H groups in total. The predicted octanol–water partition coefficient (Wildman–Crippen LogP) is 3.14. The van der Waals surface area contributed by atoms with Crippen LogP contribution in [0, 0.1) is 6.92 Å². The summed E-state index contributed by atoms with van der Waals surface area (Å²) < 4.78 is 5.06. The molecule has 0 amide bonds. The van der Waals surface area contributed by atoms with Crippen molar-refractivity contribution in [1.82, 2.24) is 9.97 Å². The Morgan fingerprint density at radius 2 is 1.90 bits per heavy atom. The van der Waals surface area contributed by atoms with Crippen molar-refractivity contribution < 1.29 is 9.53 Å². The first-order valence-electron chi connectivity index (χ1n) is 6.22. The molecule has 2 aromatic heterocycles. The molecule has 2 heterocycles. The Morgan fingerprint density at radius 3 is 2.70 bits per heavy atom. The van der Waals surface area contributed by atoms with E-state index in [1.165, 1.54) is 0 Å². The van der Waals surface area contributed by atoms with Gasteiger partial charge >= 0.3 is 0 Å². The molecule has 0 spiro atoms. The smallest absolute Gasteiger partial charge is 0.298 e. The van der Waals surface area contributed by atoms with E-state index in [0.29, 0.717) is 23.6 Å². The molecular weight excluding hydrogens is 252 g/mol. The minimum atomic E-state index is 0.408. The molecule has 3 rings (SSSR count). The highest BCUT2D eigenvalue weighted by molar-refractivity contribution is 5.84. The number of nitrogens with zero attached hydrogens (tertiary/aromatic N) is 2. The molecule has 0 saturated carbocycles. The summed E-state index contributed by atoms with van der Waals surface area (Å²) in [4.78, 5) is 19.7. The summed E-state index contributed by atoms with van der Waals surface area (Å²) in [6.45, 7) is 2.32. The third kappa shape index (κ3) is 2.23. The number of aryl methyl sites for hydroxylation is 1. The molecule has 0 radical (unpaired) electrons. The van der Waals surface area contributed by atoms with Crippen molar-refractivity contribution >= 4 is 17.4 Å². The van der Waals surface area contributed by atoms with E-state index >= 15 is 0 Å². The number of pyridine rings is 2. The number of benzene rings is 1. The zero-order valence-corrected chi connectivity index (χ0v) is 10.9. The highest BCUT2D eigenvalue weighted by Gasteiger charge is 2.11. The molecule has 0 unspecified atom stereocenters. The molecule has 0 fully saturated rings. The summed E-state index contributed by atoms with van der Waals surface area (Å²) in [7, 11) is 0. The standard InChI is InChI=1S/C16H12N2O2/c1-11-5-4-8-14(17-11)16-15(20-10-19)9-12-6-2-3-7-13(12)18-16/h2-10H,1H3. The van der Waals surface area contributed by atoms with E-state index in [1.54, 1.807) is 6.07 Å². The fourth-order valence-electron chi connectivity index (χ4n) is 2.10. The van der Waals surface area contributed by atoms with Crippen LogP contribution in [-0.2, 0) is 4.79 Å². The van der Waals surface area contributed by atoms with E-state index in [4.69, 9.17) is 4.74 Å². The van der Waals surface area contributed by atoms with Crippen LogP contribution in [0.15, 0.2) is 48.5 Å². The van der Waals surface area contributed by atoms with Crippen LogP contribution >= 0.6 is 0 Å². The zero-order valence-electron chi connectivity index (χ0n) is 10.9. The fourth-order valence-corrected chi connectivity index (χ4v) is 2.10. The van der Waals surface area contributed by atoms with Gasteiger partial charge in [-0.15, -0.1) is 0 Å². The molecule has 4 heteroatoms. The molecule has 20 heavy (non-hydrogen) atoms. The Bertz CT molecular complexity index is 784. The van der Waals surface area contributed by atoms with Gasteiger partial charge in [0.2, 0.25) is 0 Å². The first kappa shape index (κ1) is 12.3. The Kier molecular flexibility index (Phi) is 3.13. The van der Waals surface area contributed by atoms with Crippen molar-refractivity contribution in [1.29, 1.82) is 0 Å². The number of hydrogen-bond donors (Lipinski definition) is 0. The molecule has 0 aliphatic rings. The molecule has 0 aliphatic carbocycles. The zero-order chi connectivity index (χ0) is 13.9. The Morgan fingerprint density at radius 1 is 1.05 bits per heavy atom. The monoisotopic (exact) mass is 264 g/mol. The van der Waals surface area contributed by atoms with Crippen molar-refractivity contribution in [3.05, 3.63) is 54.2 Å². The van der Waals surface area contributed by atoms with Gasteiger partial charge in [0.15, 0.2) is 5.75 Å². The number of para-hydroxylation sites is 1. The number of aromatic nitrogens is 2. The lowest BCUT2D eigenvalue weighted by atomic mass is 10.1. The predicted molar refractivity (Wildman–Crippen MR) is 76.4 cm³/mol. The van der Waals surface area contributed by atoms with Crippen LogP contribution in [0.2, 0.25) is 0 Å². The second-order valence-corrected chi connectivity index (χ2v) is 4.41. The molecule has 0 saturated heterocycles. The largest absolute Gasteiger partial charge is 0.426 e. The van der Waals surface area contributed by atoms with Gasteiger partial charge in [0.25, 0.3) is 6.47 Å². The van der Waals surface area contributed by atoms with Gasteiger partial charge in [0.1, 0.15) is 5.69 Å². The lowest BCUT2D eigenvalue weighted by molar-refractivity contribution is -0.120. The number of carbonyl (C=O) groups is 1. The van der Waals surface area contributed by atoms with Crippen molar-refractivity contribution in [3.8, 4) is 17.1 Å². The van der Waals surface area contributed by atoms with Crippen LogP contribution in [0.1, 0.15) is 5.69 Å². The Balaban J connectivity index is 2.26. The first-order chi connectivity index (χ1) is 9.78. The van der Waals surface area contributed by atoms with Crippen molar-refractivity contribution in [2.45, 2.75) is 6.92 Å². The van der Waals surface area contributed by atoms with Crippen molar-refractivity contribution in [3.63, 3.8) is 0 Å². The van der Waals surface area contributed by atoms with Gasteiger partial charge in [-0.05, 0) is 31.2 Å². The summed E-state index contributed by atoms with van der Waals surface area (Å²) in [6.07, 6.45) is 0. The SMILES string of the molecule is Cc1cccc(-c2nc3ccccc3cc2OC=O)n1. The second kappa shape index (κ2) is 5.09. The quantitative estimate of drug-likeness (QED) is 0.682. The van der Waals surface area contributed by atoms with Gasteiger partial charge in [-0.3, -0.25) is 9.78 Å². The number of rotatable bonds is 3. The molecule has 0 aliphatic heterocycles. The molecule has 4 nitrogen and oxygen atoms in total. The van der Waals surface area contributed by atoms with E-state index in [2.05, 4.69) is 9.97 Å². The van der Waals surface area contributed by atoms with E-state index in [0.717, 1.165) is 16.6 Å². The summed E-state index contributed by atoms with van der Waals surface area (Å²) in [5.74, 6) is 0.414. The van der Waals surface area contributed by atoms with Crippen LogP contribution in [-0.4, -0.2) is 16.4 Å². The maximum Gasteiger partial charge on any atom is 0.298 e. The van der Waals surface area contributed by atoms with Crippen LogP contribution < -0.4 is 4.74 Å². The number of carbonyl (C=O) groups excluding carboxylic acids is 1. The summed E-state index contributed by atoms with van der Waals surface area (Å²) in [5.41, 5.74) is 2.98. The van der Waals surface area contributed by atoms with Gasteiger partial charge in [-0.1, -0.05) is 24.3 Å². The maximum absolute atomic E-state index is 10.7. The fraction of sp³-hybridized carbons (Fsp3) is 0.0625. The van der Waals surface area contributed by atoms with Crippen LogP contribution in [0.25, 0.3) is 22.3 Å². The molecule has 0 atom stereocenters. The Labute approximate surface area is 116 Å². The third-order valence-electron chi connectivity index (χ3n) is 3.00. The van der Waals surface area contributed by atoms with Crippen LogP contribution in [0.3, 0.4) is 0 Å².